The Morgan fingerprint density at radius 2 is 2.24 bits per heavy atom. The van der Waals surface area contributed by atoms with Crippen LogP contribution in [0.1, 0.15) is 38.7 Å². The second-order valence-electron chi connectivity index (χ2n) is 6.05. The largest absolute Gasteiger partial charge is 0.480 e. The van der Waals surface area contributed by atoms with Gasteiger partial charge in [-0.3, -0.25) is 9.69 Å². The molecule has 1 aromatic heterocycles. The number of likely N-dealkylation sites (tertiary alicyclic amines) is 1. The monoisotopic (exact) mass is 291 g/mol. The molecule has 0 radical (unpaired) electrons. The van der Waals surface area contributed by atoms with Crippen LogP contribution in [0.3, 0.4) is 0 Å². The van der Waals surface area contributed by atoms with Crippen molar-refractivity contribution in [1.82, 2.24) is 9.88 Å². The highest BCUT2D eigenvalue weighted by atomic mass is 16.4. The maximum atomic E-state index is 11.3. The fourth-order valence-electron chi connectivity index (χ4n) is 2.68. The molecule has 2 rings (SSSR count). The Balaban J connectivity index is 2.03. The third-order valence-corrected chi connectivity index (χ3v) is 4.23. The van der Waals surface area contributed by atoms with Crippen LogP contribution in [0.4, 0.5) is 5.82 Å². The van der Waals surface area contributed by atoms with Gasteiger partial charge in [-0.1, -0.05) is 12.5 Å². The Morgan fingerprint density at radius 3 is 2.81 bits per heavy atom. The van der Waals surface area contributed by atoms with Gasteiger partial charge >= 0.3 is 5.97 Å². The number of piperidine rings is 1. The Labute approximate surface area is 126 Å². The molecule has 5 heteroatoms. The van der Waals surface area contributed by atoms with Crippen molar-refractivity contribution in [3.63, 3.8) is 0 Å². The molecule has 1 aliphatic heterocycles. The fourth-order valence-corrected chi connectivity index (χ4v) is 2.68. The van der Waals surface area contributed by atoms with E-state index in [0.717, 1.165) is 37.2 Å². The van der Waals surface area contributed by atoms with E-state index >= 15 is 0 Å². The van der Waals surface area contributed by atoms with Crippen LogP contribution in [0, 0.1) is 0 Å². The van der Waals surface area contributed by atoms with Gasteiger partial charge in [0.15, 0.2) is 0 Å². The van der Waals surface area contributed by atoms with Crippen LogP contribution in [0.2, 0.25) is 0 Å². The van der Waals surface area contributed by atoms with Gasteiger partial charge in [0, 0.05) is 25.8 Å². The molecule has 21 heavy (non-hydrogen) atoms. The molecule has 0 aliphatic carbocycles. The Morgan fingerprint density at radius 1 is 1.48 bits per heavy atom. The topological polar surface area (TPSA) is 56.7 Å². The van der Waals surface area contributed by atoms with Crippen LogP contribution < -0.4 is 4.90 Å². The summed E-state index contributed by atoms with van der Waals surface area (Å²) in [6, 6.07) is 4.11. The minimum absolute atomic E-state index is 0.350. The molecule has 1 N–H and O–H groups in total. The number of aromatic nitrogens is 1. The predicted molar refractivity (Wildman–Crippen MR) is 83.5 cm³/mol. The van der Waals surface area contributed by atoms with Crippen LogP contribution in [0.25, 0.3) is 0 Å². The van der Waals surface area contributed by atoms with Crippen molar-refractivity contribution in [2.24, 2.45) is 0 Å². The Bertz CT molecular complexity index is 473. The molecule has 116 valence electrons. The number of rotatable bonds is 5. The van der Waals surface area contributed by atoms with Crippen LogP contribution >= 0.6 is 0 Å². The van der Waals surface area contributed by atoms with Crippen LogP contribution in [0.5, 0.6) is 0 Å². The molecule has 0 spiro atoms. The number of aliphatic carboxylic acids is 1. The van der Waals surface area contributed by atoms with Gasteiger partial charge < -0.3 is 10.0 Å². The molecule has 1 atom stereocenters. The maximum Gasteiger partial charge on any atom is 0.320 e. The summed E-state index contributed by atoms with van der Waals surface area (Å²) in [5.41, 5.74) is 1.07. The second-order valence-corrected chi connectivity index (χ2v) is 6.05. The fraction of sp³-hybridized carbons (Fsp3) is 0.625. The summed E-state index contributed by atoms with van der Waals surface area (Å²) < 4.78 is 0. The molecule has 0 bridgehead atoms. The Kier molecular flexibility index (Phi) is 5.17. The van der Waals surface area contributed by atoms with E-state index in [0.29, 0.717) is 12.6 Å². The summed E-state index contributed by atoms with van der Waals surface area (Å²) in [6.45, 7) is 5.77. The van der Waals surface area contributed by atoms with Gasteiger partial charge in [0.25, 0.3) is 0 Å². The van der Waals surface area contributed by atoms with Gasteiger partial charge in [-0.25, -0.2) is 4.98 Å². The number of anilines is 1. The van der Waals surface area contributed by atoms with Gasteiger partial charge in [-0.15, -0.1) is 0 Å². The molecule has 1 aliphatic rings. The van der Waals surface area contributed by atoms with E-state index < -0.39 is 5.97 Å². The number of hydrogen-bond acceptors (Lipinski definition) is 4. The smallest absolute Gasteiger partial charge is 0.320 e. The van der Waals surface area contributed by atoms with Crippen molar-refractivity contribution in [2.45, 2.75) is 51.7 Å². The highest BCUT2D eigenvalue weighted by Gasteiger charge is 2.28. The van der Waals surface area contributed by atoms with Crippen LogP contribution in [-0.4, -0.2) is 46.6 Å². The molecule has 1 fully saturated rings. The minimum Gasteiger partial charge on any atom is -0.480 e. The van der Waals surface area contributed by atoms with Gasteiger partial charge in [-0.2, -0.15) is 0 Å². The second kappa shape index (κ2) is 6.89. The third-order valence-electron chi connectivity index (χ3n) is 4.23. The lowest BCUT2D eigenvalue weighted by molar-refractivity contribution is -0.144. The summed E-state index contributed by atoms with van der Waals surface area (Å²) in [6.07, 6.45) is 4.69. The first-order valence-corrected chi connectivity index (χ1v) is 7.63. The van der Waals surface area contributed by atoms with Gasteiger partial charge in [0.05, 0.1) is 0 Å². The molecule has 1 aromatic rings. The number of hydrogen-bond donors (Lipinski definition) is 1. The summed E-state index contributed by atoms with van der Waals surface area (Å²) in [4.78, 5) is 20.0. The van der Waals surface area contributed by atoms with E-state index in [-0.39, 0.29) is 6.04 Å². The highest BCUT2D eigenvalue weighted by Crippen LogP contribution is 2.20. The van der Waals surface area contributed by atoms with Crippen molar-refractivity contribution < 1.29 is 9.90 Å². The molecule has 2 heterocycles. The standard InChI is InChI=1S/C16H25N3O2/c1-12(2)18(3)15-8-7-13(10-17-15)11-19-9-5-4-6-14(19)16(20)21/h7-8,10,12,14H,4-6,9,11H2,1-3H3,(H,20,21). The highest BCUT2D eigenvalue weighted by molar-refractivity contribution is 5.73. The SMILES string of the molecule is CC(C)N(C)c1ccc(CN2CCCCC2C(=O)O)cn1. The first-order valence-electron chi connectivity index (χ1n) is 7.63. The van der Waals surface area contributed by atoms with E-state index in [2.05, 4.69) is 34.7 Å². The van der Waals surface area contributed by atoms with E-state index in [9.17, 15) is 9.90 Å². The predicted octanol–water partition coefficient (Wildman–Crippen LogP) is 2.37. The average molecular weight is 291 g/mol. The van der Waals surface area contributed by atoms with Gasteiger partial charge in [0.1, 0.15) is 11.9 Å². The number of carboxylic acids is 1. The molecule has 0 saturated carbocycles. The molecule has 1 saturated heterocycles. The minimum atomic E-state index is -0.709. The lowest BCUT2D eigenvalue weighted by Gasteiger charge is -2.32. The molecule has 0 amide bonds. The summed E-state index contributed by atoms with van der Waals surface area (Å²) in [5, 5.41) is 9.30. The quantitative estimate of drug-likeness (QED) is 0.902. The van der Waals surface area contributed by atoms with Crippen molar-refractivity contribution >= 4 is 11.8 Å². The lowest BCUT2D eigenvalue weighted by Crippen LogP contribution is -2.44. The molecule has 1 unspecified atom stereocenters. The van der Waals surface area contributed by atoms with Crippen molar-refractivity contribution in [2.75, 3.05) is 18.5 Å². The third kappa shape index (κ3) is 3.94. The zero-order valence-electron chi connectivity index (χ0n) is 13.1. The van der Waals surface area contributed by atoms with E-state index in [1.807, 2.05) is 19.3 Å². The zero-order valence-corrected chi connectivity index (χ0v) is 13.1. The molecular weight excluding hydrogens is 266 g/mol. The summed E-state index contributed by atoms with van der Waals surface area (Å²) in [7, 11) is 2.03. The average Bonchev–Trinajstić information content (AvgIpc) is 2.47. The number of pyridine rings is 1. The summed E-state index contributed by atoms with van der Waals surface area (Å²) in [5.74, 6) is 0.237. The molecule has 5 nitrogen and oxygen atoms in total. The summed E-state index contributed by atoms with van der Waals surface area (Å²) >= 11 is 0. The molecular formula is C16H25N3O2. The normalized spacial score (nSPS) is 19.7. The lowest BCUT2D eigenvalue weighted by atomic mass is 10.0. The maximum absolute atomic E-state index is 11.3. The van der Waals surface area contributed by atoms with Crippen molar-refractivity contribution in [1.29, 1.82) is 0 Å². The number of carbonyl (C=O) groups is 1. The van der Waals surface area contributed by atoms with E-state index in [1.165, 1.54) is 0 Å². The van der Waals surface area contributed by atoms with E-state index in [4.69, 9.17) is 0 Å². The van der Waals surface area contributed by atoms with Crippen LogP contribution in [0.15, 0.2) is 18.3 Å². The van der Waals surface area contributed by atoms with Crippen LogP contribution in [-0.2, 0) is 11.3 Å². The zero-order chi connectivity index (χ0) is 15.4. The van der Waals surface area contributed by atoms with Crippen molar-refractivity contribution in [3.05, 3.63) is 23.9 Å². The molecule has 0 aromatic carbocycles. The number of nitrogens with zero attached hydrogens (tertiary/aromatic N) is 3. The first kappa shape index (κ1) is 15.8. The van der Waals surface area contributed by atoms with Gasteiger partial charge in [0.2, 0.25) is 0 Å². The number of carboxylic acid groups (broad SMARTS) is 1. The van der Waals surface area contributed by atoms with Gasteiger partial charge in [-0.05, 0) is 44.9 Å². The first-order chi connectivity index (χ1) is 9.99. The Hall–Kier alpha value is -1.62. The van der Waals surface area contributed by atoms with Crippen molar-refractivity contribution in [3.8, 4) is 0 Å². The van der Waals surface area contributed by atoms with E-state index in [1.54, 1.807) is 0 Å².